The zero-order valence-electron chi connectivity index (χ0n) is 41.1. The van der Waals surface area contributed by atoms with E-state index >= 15 is 0 Å². The predicted octanol–water partition coefficient (Wildman–Crippen LogP) is 13.8. The number of aliphatic carboxylic acids is 3. The van der Waals surface area contributed by atoms with Crippen molar-refractivity contribution >= 4 is 17.9 Å². The second-order valence-corrected chi connectivity index (χ2v) is 17.1. The van der Waals surface area contributed by atoms with Crippen molar-refractivity contribution in [2.24, 2.45) is 0 Å². The van der Waals surface area contributed by atoms with E-state index in [1.807, 2.05) is 0 Å². The predicted molar refractivity (Wildman–Crippen MR) is 256 cm³/mol. The molecule has 0 aliphatic carbocycles. The summed E-state index contributed by atoms with van der Waals surface area (Å²) in [5.74, 6) is -2.74. The van der Waals surface area contributed by atoms with Gasteiger partial charge in [-0.3, -0.25) is 0 Å². The number of unbranched alkanes of at least 4 members (excludes halogenated alkanes) is 33. The normalized spacial score (nSPS) is 11.0. The molecule has 0 spiro atoms. The van der Waals surface area contributed by atoms with Gasteiger partial charge in [0, 0.05) is 17.9 Å². The molecule has 62 heavy (non-hydrogen) atoms. The van der Waals surface area contributed by atoms with Crippen LogP contribution in [0.4, 0.5) is 0 Å². The molecule has 0 saturated carbocycles. The van der Waals surface area contributed by atoms with E-state index in [0.717, 1.165) is 78.6 Å². The number of carbonyl (C=O) groups excluding carboxylic acids is 3. The first-order valence-corrected chi connectivity index (χ1v) is 26.8. The van der Waals surface area contributed by atoms with Crippen LogP contribution < -0.4 is 15.3 Å². The van der Waals surface area contributed by atoms with E-state index in [1.165, 1.54) is 193 Å². The van der Waals surface area contributed by atoms with Crippen LogP contribution in [0.1, 0.15) is 290 Å². The summed E-state index contributed by atoms with van der Waals surface area (Å²) in [6.45, 7) is 6.77. The first-order chi connectivity index (χ1) is 30.3. The van der Waals surface area contributed by atoms with E-state index in [0.29, 0.717) is 0 Å². The van der Waals surface area contributed by atoms with Crippen LogP contribution in [0.15, 0.2) is 36.5 Å². The van der Waals surface area contributed by atoms with Gasteiger partial charge in [-0.15, -0.1) is 0 Å². The molecule has 7 nitrogen and oxygen atoms in total. The molecule has 1 N–H and O–H groups in total. The summed E-state index contributed by atoms with van der Waals surface area (Å²) in [6.07, 6.45) is 62.7. The summed E-state index contributed by atoms with van der Waals surface area (Å²) < 4.78 is 7.00. The first-order valence-electron chi connectivity index (χ1n) is 26.1. The Kier molecular flexibility index (Phi) is 71.1. The zero-order chi connectivity index (χ0) is 46.7. The van der Waals surface area contributed by atoms with Gasteiger partial charge in [-0.25, -0.2) is 0 Å². The molecule has 0 aromatic carbocycles. The third-order valence-electron chi connectivity index (χ3n) is 10.9. The van der Waals surface area contributed by atoms with Crippen molar-refractivity contribution in [3.8, 4) is 0 Å². The molecule has 0 aromatic heterocycles. The molecule has 0 amide bonds. The van der Waals surface area contributed by atoms with Crippen molar-refractivity contribution in [1.82, 2.24) is 0 Å². The van der Waals surface area contributed by atoms with Crippen LogP contribution in [0.25, 0.3) is 0 Å². The Morgan fingerprint density at radius 1 is 0.290 bits per heavy atom. The molecule has 0 atom stereocenters. The number of rotatable bonds is 45. The van der Waals surface area contributed by atoms with E-state index in [9.17, 15) is 29.7 Å². The zero-order valence-corrected chi connectivity index (χ0v) is 42.6. The van der Waals surface area contributed by atoms with Crippen molar-refractivity contribution < 1.29 is 54.2 Å². The van der Waals surface area contributed by atoms with Crippen molar-refractivity contribution in [2.75, 3.05) is 0 Å². The minimum atomic E-state index is -0.914. The standard InChI is InChI=1S/3C18H34O2.H2O.Ti/c3*1-2-3-4-5-6-7-8-9-10-11-12-13-14-15-16-17-18(19)20;;/h3*9-10H,2-8,11-17H2,1H3,(H,19,20);1H2;/q;;;;+4/p-4. The fourth-order valence-electron chi connectivity index (χ4n) is 7.02. The Bertz CT molecular complexity index is 830. The van der Waals surface area contributed by atoms with E-state index < -0.39 is 17.9 Å². The molecule has 0 aliphatic heterocycles. The van der Waals surface area contributed by atoms with Gasteiger partial charge in [-0.2, -0.15) is 0 Å². The SMILES string of the molecule is CCCCCCCCC=CCCCCCCCC(=O)[O-].CCCCCCCCC=CCCCCCCCC(=O)[O-].CCCCCCCCC=CCCCCCCCC(=O)[O-].[OH][Ti+3]. The van der Waals surface area contributed by atoms with Gasteiger partial charge in [0.15, 0.2) is 0 Å². The van der Waals surface area contributed by atoms with Crippen LogP contribution in [-0.4, -0.2) is 21.6 Å². The minimum absolute atomic E-state index is 0.220. The van der Waals surface area contributed by atoms with Gasteiger partial charge in [0.25, 0.3) is 0 Å². The van der Waals surface area contributed by atoms with E-state index in [4.69, 9.17) is 3.69 Å². The Balaban J connectivity index is -0.000000398. The number of carboxylic acids is 3. The summed E-state index contributed by atoms with van der Waals surface area (Å²) in [5, 5.41) is 30.6. The average Bonchev–Trinajstić information content (AvgIpc) is 3.26. The number of carboxylic acid groups (broad SMARTS) is 3. The average molecular weight is 909 g/mol. The van der Waals surface area contributed by atoms with Gasteiger partial charge in [-0.05, 0) is 116 Å². The van der Waals surface area contributed by atoms with Crippen LogP contribution in [-0.2, 0) is 35.2 Å². The molecule has 0 aromatic rings. The summed E-state index contributed by atoms with van der Waals surface area (Å²) in [5.41, 5.74) is 0. The van der Waals surface area contributed by atoms with Gasteiger partial charge in [0.2, 0.25) is 0 Å². The molecule has 0 heterocycles. The molecule has 0 aliphatic rings. The number of allylic oxidation sites excluding steroid dienone is 6. The molecule has 0 fully saturated rings. The molecule has 0 unspecified atom stereocenters. The Morgan fingerprint density at radius 3 is 0.597 bits per heavy atom. The Hall–Kier alpha value is -1.70. The van der Waals surface area contributed by atoms with Crippen LogP contribution in [0, 0.1) is 0 Å². The van der Waals surface area contributed by atoms with Gasteiger partial charge < -0.3 is 29.7 Å². The molecule has 0 saturated heterocycles. The second-order valence-electron chi connectivity index (χ2n) is 17.1. The summed E-state index contributed by atoms with van der Waals surface area (Å²) in [6, 6.07) is 0. The van der Waals surface area contributed by atoms with Gasteiger partial charge in [0.1, 0.15) is 0 Å². The van der Waals surface area contributed by atoms with Gasteiger partial charge >= 0.3 is 24.5 Å². The van der Waals surface area contributed by atoms with Crippen LogP contribution in [0.2, 0.25) is 0 Å². The third kappa shape index (κ3) is 78.8. The molecule has 0 bridgehead atoms. The molecule has 8 heteroatoms. The fourth-order valence-corrected chi connectivity index (χ4v) is 7.02. The molecule has 362 valence electrons. The maximum atomic E-state index is 10.2. The van der Waals surface area contributed by atoms with E-state index in [1.54, 1.807) is 0 Å². The van der Waals surface area contributed by atoms with Crippen molar-refractivity contribution in [3.63, 3.8) is 0 Å². The topological polar surface area (TPSA) is 141 Å². The van der Waals surface area contributed by atoms with Gasteiger partial charge in [-0.1, -0.05) is 211 Å². The quantitative estimate of drug-likeness (QED) is 0.0364. The van der Waals surface area contributed by atoms with E-state index in [2.05, 4.69) is 57.2 Å². The maximum absolute atomic E-state index is 10.2. The van der Waals surface area contributed by atoms with Crippen LogP contribution >= 0.6 is 0 Å². The summed E-state index contributed by atoms with van der Waals surface area (Å²) in [7, 11) is 0. The van der Waals surface area contributed by atoms with Crippen molar-refractivity contribution in [1.29, 1.82) is 0 Å². The summed E-state index contributed by atoms with van der Waals surface area (Å²) >= 11 is 1.00. The number of carbonyl (C=O) groups is 3. The first kappa shape index (κ1) is 66.9. The second kappa shape index (κ2) is 65.9. The van der Waals surface area contributed by atoms with Crippen LogP contribution in [0.5, 0.6) is 0 Å². The number of hydrogen-bond donors (Lipinski definition) is 1. The monoisotopic (exact) mass is 909 g/mol. The summed E-state index contributed by atoms with van der Waals surface area (Å²) in [4.78, 5) is 30.6. The fraction of sp³-hybridized carbons (Fsp3) is 0.833. The Morgan fingerprint density at radius 2 is 0.435 bits per heavy atom. The molecule has 0 radical (unpaired) electrons. The van der Waals surface area contributed by atoms with Gasteiger partial charge in [0.05, 0.1) is 0 Å². The van der Waals surface area contributed by atoms with Crippen LogP contribution in [0.3, 0.4) is 0 Å². The molecular weight excluding hydrogens is 808 g/mol. The number of hydrogen-bond acceptors (Lipinski definition) is 7. The Labute approximate surface area is 397 Å². The van der Waals surface area contributed by atoms with Crippen molar-refractivity contribution in [2.45, 2.75) is 290 Å². The molecular formula is C54H100O7Ti. The third-order valence-corrected chi connectivity index (χ3v) is 10.9. The molecule has 0 rings (SSSR count). The van der Waals surface area contributed by atoms with E-state index in [-0.39, 0.29) is 19.3 Å². The van der Waals surface area contributed by atoms with Crippen molar-refractivity contribution in [3.05, 3.63) is 36.5 Å².